The molecule has 68 valence electrons. The SMILES string of the molecule is O=C(O)C(=O)c1cc(Br)ccc1Br. The lowest BCUT2D eigenvalue weighted by atomic mass is 10.1. The molecule has 0 aromatic heterocycles. The van der Waals surface area contributed by atoms with Gasteiger partial charge in [-0.3, -0.25) is 4.79 Å². The molecular formula is C8H4Br2O3. The van der Waals surface area contributed by atoms with E-state index in [2.05, 4.69) is 31.9 Å². The van der Waals surface area contributed by atoms with Crippen molar-refractivity contribution < 1.29 is 14.7 Å². The fourth-order valence-electron chi connectivity index (χ4n) is 0.787. The second-order valence-corrected chi connectivity index (χ2v) is 4.03. The number of carbonyl (C=O) groups is 2. The summed E-state index contributed by atoms with van der Waals surface area (Å²) in [6.07, 6.45) is 0. The van der Waals surface area contributed by atoms with Crippen molar-refractivity contribution in [2.75, 3.05) is 0 Å². The molecular weight excluding hydrogens is 304 g/mol. The average molecular weight is 308 g/mol. The van der Waals surface area contributed by atoms with Crippen LogP contribution >= 0.6 is 31.9 Å². The fraction of sp³-hybridized carbons (Fsp3) is 0. The van der Waals surface area contributed by atoms with E-state index in [9.17, 15) is 9.59 Å². The minimum atomic E-state index is -1.46. The zero-order chi connectivity index (χ0) is 10.0. The highest BCUT2D eigenvalue weighted by Crippen LogP contribution is 2.21. The first-order valence-corrected chi connectivity index (χ1v) is 4.83. The topological polar surface area (TPSA) is 54.4 Å². The van der Waals surface area contributed by atoms with Gasteiger partial charge in [0.25, 0.3) is 5.78 Å². The number of Topliss-reactive ketones (excluding diaryl/α,β-unsaturated/α-hetero) is 1. The number of carboxylic acids is 1. The lowest BCUT2D eigenvalue weighted by Crippen LogP contribution is -2.13. The number of rotatable bonds is 2. The average Bonchev–Trinajstić information content (AvgIpc) is 2.08. The molecule has 0 bridgehead atoms. The van der Waals surface area contributed by atoms with Gasteiger partial charge in [-0.1, -0.05) is 31.9 Å². The van der Waals surface area contributed by atoms with Crippen LogP contribution < -0.4 is 0 Å². The number of hydrogen-bond donors (Lipinski definition) is 1. The Morgan fingerprint density at radius 2 is 1.85 bits per heavy atom. The van der Waals surface area contributed by atoms with Gasteiger partial charge in [-0.2, -0.15) is 0 Å². The number of halogens is 2. The van der Waals surface area contributed by atoms with Gasteiger partial charge in [0.15, 0.2) is 0 Å². The number of benzene rings is 1. The summed E-state index contributed by atoms with van der Waals surface area (Å²) in [6, 6.07) is 4.78. The Balaban J connectivity index is 3.21. The molecule has 0 aliphatic heterocycles. The maximum atomic E-state index is 11.1. The zero-order valence-electron chi connectivity index (χ0n) is 6.25. The van der Waals surface area contributed by atoms with Gasteiger partial charge in [-0.05, 0) is 18.2 Å². The van der Waals surface area contributed by atoms with E-state index >= 15 is 0 Å². The molecule has 0 fully saturated rings. The second kappa shape index (κ2) is 4.02. The van der Waals surface area contributed by atoms with Gasteiger partial charge in [0.1, 0.15) is 0 Å². The molecule has 0 spiro atoms. The maximum absolute atomic E-state index is 11.1. The Labute approximate surface area is 91.0 Å². The van der Waals surface area contributed by atoms with Crippen molar-refractivity contribution in [2.45, 2.75) is 0 Å². The van der Waals surface area contributed by atoms with Gasteiger partial charge >= 0.3 is 5.97 Å². The normalized spacial score (nSPS) is 9.69. The third-order valence-electron chi connectivity index (χ3n) is 1.37. The highest BCUT2D eigenvalue weighted by atomic mass is 79.9. The van der Waals surface area contributed by atoms with E-state index in [4.69, 9.17) is 5.11 Å². The number of ketones is 1. The van der Waals surface area contributed by atoms with Crippen LogP contribution in [0.3, 0.4) is 0 Å². The van der Waals surface area contributed by atoms with Crippen LogP contribution in [0.2, 0.25) is 0 Å². The minimum absolute atomic E-state index is 0.141. The molecule has 13 heavy (non-hydrogen) atoms. The molecule has 1 rings (SSSR count). The van der Waals surface area contributed by atoms with Crippen molar-refractivity contribution in [3.05, 3.63) is 32.7 Å². The molecule has 0 amide bonds. The van der Waals surface area contributed by atoms with Gasteiger partial charge in [0.05, 0.1) is 0 Å². The van der Waals surface area contributed by atoms with Crippen LogP contribution in [0.4, 0.5) is 0 Å². The predicted octanol–water partition coefficient (Wildman–Crippen LogP) is 2.48. The van der Waals surface area contributed by atoms with E-state index < -0.39 is 11.8 Å². The zero-order valence-corrected chi connectivity index (χ0v) is 9.42. The summed E-state index contributed by atoms with van der Waals surface area (Å²) in [4.78, 5) is 21.4. The van der Waals surface area contributed by atoms with E-state index in [1.54, 1.807) is 12.1 Å². The molecule has 0 heterocycles. The summed E-state index contributed by atoms with van der Waals surface area (Å²) in [5, 5.41) is 8.47. The van der Waals surface area contributed by atoms with Crippen molar-refractivity contribution in [3.8, 4) is 0 Å². The van der Waals surface area contributed by atoms with Crippen LogP contribution in [0.15, 0.2) is 27.1 Å². The van der Waals surface area contributed by atoms with Gasteiger partial charge in [-0.25, -0.2) is 4.79 Å². The van der Waals surface area contributed by atoms with E-state index in [1.807, 2.05) is 0 Å². The van der Waals surface area contributed by atoms with Crippen LogP contribution in [0.5, 0.6) is 0 Å². The van der Waals surface area contributed by atoms with Crippen molar-refractivity contribution in [1.29, 1.82) is 0 Å². The summed E-state index contributed by atoms with van der Waals surface area (Å²) in [6.45, 7) is 0. The molecule has 0 aliphatic rings. The minimum Gasteiger partial charge on any atom is -0.475 e. The molecule has 1 N–H and O–H groups in total. The largest absolute Gasteiger partial charge is 0.475 e. The summed E-state index contributed by atoms with van der Waals surface area (Å²) >= 11 is 6.24. The molecule has 0 atom stereocenters. The molecule has 1 aromatic carbocycles. The standard InChI is InChI=1S/C8H4Br2O3/c9-4-1-2-6(10)5(3-4)7(11)8(12)13/h1-3H,(H,12,13). The van der Waals surface area contributed by atoms with E-state index in [0.717, 1.165) is 0 Å². The van der Waals surface area contributed by atoms with Gasteiger partial charge in [0, 0.05) is 14.5 Å². The molecule has 0 saturated heterocycles. The Kier molecular flexibility index (Phi) is 3.22. The summed E-state index contributed by atoms with van der Waals surface area (Å²) < 4.78 is 1.14. The van der Waals surface area contributed by atoms with Gasteiger partial charge < -0.3 is 5.11 Å². The maximum Gasteiger partial charge on any atom is 0.377 e. The van der Waals surface area contributed by atoms with Crippen LogP contribution in [0.25, 0.3) is 0 Å². The quantitative estimate of drug-likeness (QED) is 0.674. The summed E-state index contributed by atoms with van der Waals surface area (Å²) in [5.41, 5.74) is 0.141. The second-order valence-electron chi connectivity index (χ2n) is 2.26. The Morgan fingerprint density at radius 1 is 1.23 bits per heavy atom. The third-order valence-corrected chi connectivity index (χ3v) is 2.55. The molecule has 3 nitrogen and oxygen atoms in total. The number of aliphatic carboxylic acids is 1. The molecule has 0 radical (unpaired) electrons. The van der Waals surface area contributed by atoms with Crippen LogP contribution in [0.1, 0.15) is 10.4 Å². The van der Waals surface area contributed by atoms with Crippen LogP contribution in [-0.2, 0) is 4.79 Å². The van der Waals surface area contributed by atoms with Crippen molar-refractivity contribution in [3.63, 3.8) is 0 Å². The molecule has 0 unspecified atom stereocenters. The number of carboxylic acid groups (broad SMARTS) is 1. The molecule has 0 aliphatic carbocycles. The Morgan fingerprint density at radius 3 is 2.38 bits per heavy atom. The van der Waals surface area contributed by atoms with Crippen molar-refractivity contribution >= 4 is 43.6 Å². The molecule has 1 aromatic rings. The third kappa shape index (κ3) is 2.38. The van der Waals surface area contributed by atoms with Gasteiger partial charge in [-0.15, -0.1) is 0 Å². The Bertz CT molecular complexity index is 374. The smallest absolute Gasteiger partial charge is 0.377 e. The summed E-state index contributed by atoms with van der Waals surface area (Å²) in [5.74, 6) is -2.38. The lowest BCUT2D eigenvalue weighted by Gasteiger charge is -1.99. The monoisotopic (exact) mass is 306 g/mol. The van der Waals surface area contributed by atoms with Crippen molar-refractivity contribution in [1.82, 2.24) is 0 Å². The highest BCUT2D eigenvalue weighted by molar-refractivity contribution is 9.11. The molecule has 5 heteroatoms. The van der Waals surface area contributed by atoms with Gasteiger partial charge in [0.2, 0.25) is 0 Å². The van der Waals surface area contributed by atoms with Crippen molar-refractivity contribution in [2.24, 2.45) is 0 Å². The predicted molar refractivity (Wildman–Crippen MR) is 53.8 cm³/mol. The number of carbonyl (C=O) groups excluding carboxylic acids is 1. The first-order chi connectivity index (χ1) is 6.02. The highest BCUT2D eigenvalue weighted by Gasteiger charge is 2.17. The molecule has 0 saturated carbocycles. The Hall–Kier alpha value is -0.680. The first-order valence-electron chi connectivity index (χ1n) is 3.25. The van der Waals surface area contributed by atoms with Crippen LogP contribution in [0, 0.1) is 0 Å². The lowest BCUT2D eigenvalue weighted by molar-refractivity contribution is -0.131. The van der Waals surface area contributed by atoms with E-state index in [0.29, 0.717) is 8.95 Å². The van der Waals surface area contributed by atoms with E-state index in [1.165, 1.54) is 6.07 Å². The summed E-state index contributed by atoms with van der Waals surface area (Å²) in [7, 11) is 0. The number of hydrogen-bond acceptors (Lipinski definition) is 2. The first kappa shape index (κ1) is 10.4. The van der Waals surface area contributed by atoms with Crippen LogP contribution in [-0.4, -0.2) is 16.9 Å². The van der Waals surface area contributed by atoms with E-state index in [-0.39, 0.29) is 5.56 Å². The fourth-order valence-corrected chi connectivity index (χ4v) is 1.57.